The number of hydrogen-bond acceptors (Lipinski definition) is 4. The van der Waals surface area contributed by atoms with Gasteiger partial charge in [-0.2, -0.15) is 0 Å². The lowest BCUT2D eigenvalue weighted by molar-refractivity contribution is -0.107. The van der Waals surface area contributed by atoms with Crippen molar-refractivity contribution in [2.75, 3.05) is 0 Å². The molecule has 27 heavy (non-hydrogen) atoms. The molecule has 0 saturated heterocycles. The van der Waals surface area contributed by atoms with Crippen LogP contribution in [-0.2, 0) is 9.59 Å². The summed E-state index contributed by atoms with van der Waals surface area (Å²) in [4.78, 5) is 24.5. The Bertz CT molecular complexity index is 1070. The molecule has 0 atom stereocenters. The van der Waals surface area contributed by atoms with Gasteiger partial charge in [-0.05, 0) is 70.2 Å². The molecule has 3 aromatic rings. The van der Waals surface area contributed by atoms with Crippen molar-refractivity contribution in [3.05, 3.63) is 85.7 Å². The Kier molecular flexibility index (Phi) is 5.94. The largest absolute Gasteiger partial charge is 0.282 e. The van der Waals surface area contributed by atoms with E-state index in [0.717, 1.165) is 44.8 Å². The lowest BCUT2D eigenvalue weighted by Crippen LogP contribution is -1.90. The minimum absolute atomic E-state index is 0.146. The predicted molar refractivity (Wildman–Crippen MR) is 111 cm³/mol. The van der Waals surface area contributed by atoms with E-state index in [-0.39, 0.29) is 10.2 Å². The van der Waals surface area contributed by atoms with E-state index in [1.54, 1.807) is 12.1 Å². The summed E-state index contributed by atoms with van der Waals surface area (Å²) in [6.07, 6.45) is 2.47. The van der Waals surface area contributed by atoms with Crippen LogP contribution in [-0.4, -0.2) is 10.2 Å². The summed E-state index contributed by atoms with van der Waals surface area (Å²) in [6.45, 7) is 6.91. The standard InChI is InChI=1S/C22H15FO2S2/c1-3-21(24)26-14-11-12-17(19(23)13-14)15-7-5-9-18-16(15)8-6-10-20(18)27-22(25)4-2/h3-13H,1-2H2. The molecule has 0 saturated carbocycles. The molecule has 0 N–H and O–H groups in total. The van der Waals surface area contributed by atoms with Gasteiger partial charge < -0.3 is 0 Å². The smallest absolute Gasteiger partial charge is 0.216 e. The molecule has 0 amide bonds. The van der Waals surface area contributed by atoms with Gasteiger partial charge >= 0.3 is 0 Å². The van der Waals surface area contributed by atoms with Crippen molar-refractivity contribution in [2.24, 2.45) is 0 Å². The maximum absolute atomic E-state index is 14.8. The Morgan fingerprint density at radius 3 is 2.19 bits per heavy atom. The number of halogens is 1. The summed E-state index contributed by atoms with van der Waals surface area (Å²) in [6, 6.07) is 15.9. The normalized spacial score (nSPS) is 10.6. The molecule has 2 nitrogen and oxygen atoms in total. The molecule has 3 rings (SSSR count). The second-order valence-electron chi connectivity index (χ2n) is 5.55. The first-order chi connectivity index (χ1) is 13.0. The SMILES string of the molecule is C=CC(=O)Sc1ccc(-c2cccc3c(SC(=O)C=C)cccc23)c(F)c1. The molecule has 0 heterocycles. The highest BCUT2D eigenvalue weighted by molar-refractivity contribution is 8.14. The predicted octanol–water partition coefficient (Wildman–Crippen LogP) is 6.26. The van der Waals surface area contributed by atoms with Gasteiger partial charge in [-0.1, -0.05) is 49.6 Å². The van der Waals surface area contributed by atoms with Crippen LogP contribution in [0.25, 0.3) is 21.9 Å². The molecule has 0 aromatic heterocycles. The van der Waals surface area contributed by atoms with Crippen molar-refractivity contribution >= 4 is 44.5 Å². The zero-order chi connectivity index (χ0) is 19.4. The lowest BCUT2D eigenvalue weighted by Gasteiger charge is -2.11. The second kappa shape index (κ2) is 8.37. The Hall–Kier alpha value is -2.63. The number of fused-ring (bicyclic) bond motifs is 1. The Balaban J connectivity index is 2.08. The third-order valence-corrected chi connectivity index (χ3v) is 5.68. The molecule has 0 aliphatic rings. The Morgan fingerprint density at radius 2 is 1.48 bits per heavy atom. The van der Waals surface area contributed by atoms with Crippen molar-refractivity contribution in [3.8, 4) is 11.1 Å². The molecular formula is C22H15FO2S2. The van der Waals surface area contributed by atoms with E-state index in [1.165, 1.54) is 18.2 Å². The van der Waals surface area contributed by atoms with Crippen LogP contribution in [0.2, 0.25) is 0 Å². The van der Waals surface area contributed by atoms with Crippen molar-refractivity contribution in [1.82, 2.24) is 0 Å². The first kappa shape index (κ1) is 19.1. The van der Waals surface area contributed by atoms with E-state index in [9.17, 15) is 14.0 Å². The van der Waals surface area contributed by atoms with Crippen molar-refractivity contribution in [3.63, 3.8) is 0 Å². The first-order valence-corrected chi connectivity index (χ1v) is 9.67. The summed E-state index contributed by atoms with van der Waals surface area (Å²) in [5.74, 6) is -0.412. The topological polar surface area (TPSA) is 34.1 Å². The highest BCUT2D eigenvalue weighted by atomic mass is 32.2. The van der Waals surface area contributed by atoms with Gasteiger partial charge in [0.25, 0.3) is 0 Å². The van der Waals surface area contributed by atoms with Gasteiger partial charge in [0.15, 0.2) is 0 Å². The summed E-state index contributed by atoms with van der Waals surface area (Å²) < 4.78 is 14.8. The van der Waals surface area contributed by atoms with Gasteiger partial charge in [0.1, 0.15) is 5.82 Å². The Morgan fingerprint density at radius 1 is 0.815 bits per heavy atom. The monoisotopic (exact) mass is 394 g/mol. The van der Waals surface area contributed by atoms with Gasteiger partial charge in [-0.15, -0.1) is 0 Å². The molecular weight excluding hydrogens is 379 g/mol. The Labute approximate surface area is 165 Å². The minimum Gasteiger partial charge on any atom is -0.282 e. The molecule has 0 radical (unpaired) electrons. The average molecular weight is 394 g/mol. The van der Waals surface area contributed by atoms with E-state index in [1.807, 2.05) is 36.4 Å². The van der Waals surface area contributed by atoms with E-state index < -0.39 is 5.82 Å². The van der Waals surface area contributed by atoms with Crippen LogP contribution < -0.4 is 0 Å². The van der Waals surface area contributed by atoms with Crippen LogP contribution in [0.15, 0.2) is 89.7 Å². The number of carbonyl (C=O) groups is 2. The molecule has 0 bridgehead atoms. The average Bonchev–Trinajstić information content (AvgIpc) is 2.68. The summed E-state index contributed by atoms with van der Waals surface area (Å²) in [5.41, 5.74) is 1.17. The molecule has 0 unspecified atom stereocenters. The van der Waals surface area contributed by atoms with Crippen LogP contribution in [0, 0.1) is 5.82 Å². The zero-order valence-electron chi connectivity index (χ0n) is 14.3. The highest BCUT2D eigenvalue weighted by Gasteiger charge is 2.13. The first-order valence-electron chi connectivity index (χ1n) is 8.03. The maximum Gasteiger partial charge on any atom is 0.216 e. The molecule has 3 aromatic carbocycles. The summed E-state index contributed by atoms with van der Waals surface area (Å²) >= 11 is 2.02. The van der Waals surface area contributed by atoms with Gasteiger partial charge in [0.2, 0.25) is 10.2 Å². The number of benzene rings is 3. The number of hydrogen-bond donors (Lipinski definition) is 0. The molecule has 5 heteroatoms. The number of rotatable bonds is 5. The second-order valence-corrected chi connectivity index (χ2v) is 7.67. The van der Waals surface area contributed by atoms with Crippen molar-refractivity contribution in [1.29, 1.82) is 0 Å². The van der Waals surface area contributed by atoms with Crippen LogP contribution in [0.1, 0.15) is 0 Å². The lowest BCUT2D eigenvalue weighted by atomic mass is 9.98. The fraction of sp³-hybridized carbons (Fsp3) is 0. The van der Waals surface area contributed by atoms with Gasteiger partial charge in [-0.3, -0.25) is 9.59 Å². The van der Waals surface area contributed by atoms with Gasteiger partial charge in [0, 0.05) is 15.4 Å². The fourth-order valence-corrected chi connectivity index (χ4v) is 4.04. The van der Waals surface area contributed by atoms with Crippen LogP contribution >= 0.6 is 23.5 Å². The molecule has 0 aliphatic heterocycles. The third kappa shape index (κ3) is 4.21. The van der Waals surface area contributed by atoms with E-state index in [4.69, 9.17) is 0 Å². The molecule has 0 spiro atoms. The molecule has 0 aliphatic carbocycles. The van der Waals surface area contributed by atoms with Crippen LogP contribution in [0.4, 0.5) is 4.39 Å². The summed E-state index contributed by atoms with van der Waals surface area (Å²) in [7, 11) is 0. The highest BCUT2D eigenvalue weighted by Crippen LogP contribution is 2.36. The van der Waals surface area contributed by atoms with Crippen molar-refractivity contribution in [2.45, 2.75) is 9.79 Å². The van der Waals surface area contributed by atoms with E-state index in [0.29, 0.717) is 10.5 Å². The fourth-order valence-electron chi connectivity index (χ4n) is 2.69. The van der Waals surface area contributed by atoms with Crippen molar-refractivity contribution < 1.29 is 14.0 Å². The third-order valence-electron chi connectivity index (χ3n) is 3.88. The summed E-state index contributed by atoms with van der Waals surface area (Å²) in [5, 5.41) is 1.34. The van der Waals surface area contributed by atoms with Gasteiger partial charge in [0.05, 0.1) is 0 Å². The van der Waals surface area contributed by atoms with Crippen LogP contribution in [0.5, 0.6) is 0 Å². The van der Waals surface area contributed by atoms with E-state index >= 15 is 0 Å². The van der Waals surface area contributed by atoms with Gasteiger partial charge in [-0.25, -0.2) is 4.39 Å². The maximum atomic E-state index is 14.8. The quantitative estimate of drug-likeness (QED) is 0.378. The zero-order valence-corrected chi connectivity index (χ0v) is 15.9. The van der Waals surface area contributed by atoms with Crippen LogP contribution in [0.3, 0.4) is 0 Å². The molecule has 134 valence electrons. The number of thioether (sulfide) groups is 2. The van der Waals surface area contributed by atoms with E-state index in [2.05, 4.69) is 13.2 Å². The molecule has 0 fully saturated rings. The number of carbonyl (C=O) groups excluding carboxylic acids is 2. The minimum atomic E-state index is -0.412.